The summed E-state index contributed by atoms with van der Waals surface area (Å²) < 4.78 is 0. The standard InChI is InChI=1S/C7H8O.H4N2/c8-6-7-4-2-1-3-5-7;1-2/h1-5,8H,6H2;1-2H2. The molecule has 56 valence electrons. The minimum absolute atomic E-state index is 0.140. The number of rotatable bonds is 1. The van der Waals surface area contributed by atoms with Crippen molar-refractivity contribution < 1.29 is 5.11 Å². The molecule has 0 heterocycles. The summed E-state index contributed by atoms with van der Waals surface area (Å²) in [4.78, 5) is 0. The third-order valence-corrected chi connectivity index (χ3v) is 1.03. The van der Waals surface area contributed by atoms with Crippen LogP contribution in [0.1, 0.15) is 5.56 Å². The van der Waals surface area contributed by atoms with Gasteiger partial charge in [-0.15, -0.1) is 0 Å². The first-order valence-corrected chi connectivity index (χ1v) is 2.91. The summed E-state index contributed by atoms with van der Waals surface area (Å²) in [6.07, 6.45) is 0. The molecule has 1 rings (SSSR count). The number of hydrazine groups is 1. The first kappa shape index (κ1) is 9.10. The second kappa shape index (κ2) is 6.22. The van der Waals surface area contributed by atoms with Crippen molar-refractivity contribution in [2.24, 2.45) is 11.7 Å². The zero-order chi connectivity index (χ0) is 7.82. The second-order valence-electron chi connectivity index (χ2n) is 1.64. The molecule has 0 aliphatic rings. The number of hydrogen-bond donors (Lipinski definition) is 3. The molecule has 0 aliphatic heterocycles. The monoisotopic (exact) mass is 140 g/mol. The normalized spacial score (nSPS) is 7.90. The molecule has 0 unspecified atom stereocenters. The van der Waals surface area contributed by atoms with Crippen molar-refractivity contribution in [2.45, 2.75) is 6.61 Å². The molecule has 0 fully saturated rings. The minimum Gasteiger partial charge on any atom is -0.392 e. The van der Waals surface area contributed by atoms with Gasteiger partial charge >= 0.3 is 0 Å². The van der Waals surface area contributed by atoms with Gasteiger partial charge in [-0.25, -0.2) is 0 Å². The van der Waals surface area contributed by atoms with E-state index in [-0.39, 0.29) is 6.61 Å². The zero-order valence-corrected chi connectivity index (χ0v) is 5.70. The van der Waals surface area contributed by atoms with Gasteiger partial charge in [-0.05, 0) is 5.56 Å². The quantitative estimate of drug-likeness (QED) is 0.379. The van der Waals surface area contributed by atoms with Crippen molar-refractivity contribution in [3.05, 3.63) is 35.9 Å². The van der Waals surface area contributed by atoms with E-state index in [1.54, 1.807) is 0 Å². The fourth-order valence-electron chi connectivity index (χ4n) is 0.583. The van der Waals surface area contributed by atoms with Gasteiger partial charge in [-0.2, -0.15) is 0 Å². The third-order valence-electron chi connectivity index (χ3n) is 1.03. The number of aliphatic hydroxyl groups is 1. The molecule has 1 aromatic rings. The van der Waals surface area contributed by atoms with Crippen LogP contribution in [0.5, 0.6) is 0 Å². The van der Waals surface area contributed by atoms with Gasteiger partial charge in [-0.3, -0.25) is 11.7 Å². The Morgan fingerprint density at radius 1 is 1.10 bits per heavy atom. The number of nitrogens with two attached hydrogens (primary N) is 2. The Morgan fingerprint density at radius 2 is 1.60 bits per heavy atom. The van der Waals surface area contributed by atoms with Crippen LogP contribution in [0.25, 0.3) is 0 Å². The van der Waals surface area contributed by atoms with E-state index in [9.17, 15) is 0 Å². The lowest BCUT2D eigenvalue weighted by molar-refractivity contribution is 0.282. The number of benzene rings is 1. The van der Waals surface area contributed by atoms with Crippen LogP contribution in [-0.2, 0) is 6.61 Å². The van der Waals surface area contributed by atoms with E-state index >= 15 is 0 Å². The van der Waals surface area contributed by atoms with Gasteiger partial charge in [0.15, 0.2) is 0 Å². The highest BCUT2D eigenvalue weighted by Gasteiger charge is 1.81. The van der Waals surface area contributed by atoms with Crippen LogP contribution in [0.15, 0.2) is 30.3 Å². The first-order chi connectivity index (χ1) is 4.93. The van der Waals surface area contributed by atoms with Gasteiger partial charge in [0.25, 0.3) is 0 Å². The van der Waals surface area contributed by atoms with Gasteiger partial charge < -0.3 is 5.11 Å². The van der Waals surface area contributed by atoms with Crippen LogP contribution in [0.2, 0.25) is 0 Å². The largest absolute Gasteiger partial charge is 0.392 e. The maximum atomic E-state index is 8.54. The molecular formula is C7H12N2O. The average molecular weight is 140 g/mol. The molecule has 0 atom stereocenters. The summed E-state index contributed by atoms with van der Waals surface area (Å²) in [6, 6.07) is 9.52. The Labute approximate surface area is 60.2 Å². The van der Waals surface area contributed by atoms with Crippen molar-refractivity contribution in [1.29, 1.82) is 0 Å². The molecule has 1 aromatic carbocycles. The first-order valence-electron chi connectivity index (χ1n) is 2.91. The van der Waals surface area contributed by atoms with Crippen LogP contribution < -0.4 is 11.7 Å². The molecule has 0 spiro atoms. The van der Waals surface area contributed by atoms with Gasteiger partial charge in [0.1, 0.15) is 0 Å². The molecule has 10 heavy (non-hydrogen) atoms. The van der Waals surface area contributed by atoms with Crippen LogP contribution in [0, 0.1) is 0 Å². The molecule has 0 radical (unpaired) electrons. The second-order valence-corrected chi connectivity index (χ2v) is 1.64. The molecular weight excluding hydrogens is 128 g/mol. The predicted octanol–water partition coefficient (Wildman–Crippen LogP) is -0.00230. The maximum absolute atomic E-state index is 8.54. The maximum Gasteiger partial charge on any atom is 0.0681 e. The smallest absolute Gasteiger partial charge is 0.0681 e. The van der Waals surface area contributed by atoms with Crippen LogP contribution in [-0.4, -0.2) is 5.11 Å². The van der Waals surface area contributed by atoms with Crippen LogP contribution >= 0.6 is 0 Å². The zero-order valence-electron chi connectivity index (χ0n) is 5.70. The van der Waals surface area contributed by atoms with Gasteiger partial charge in [0.2, 0.25) is 0 Å². The summed E-state index contributed by atoms with van der Waals surface area (Å²) in [7, 11) is 0. The summed E-state index contributed by atoms with van der Waals surface area (Å²) in [5.41, 5.74) is 0.965. The van der Waals surface area contributed by atoms with Crippen molar-refractivity contribution >= 4 is 0 Å². The molecule has 5 N–H and O–H groups in total. The van der Waals surface area contributed by atoms with Crippen LogP contribution in [0.4, 0.5) is 0 Å². The third kappa shape index (κ3) is 3.19. The summed E-state index contributed by atoms with van der Waals surface area (Å²) >= 11 is 0. The highest BCUT2D eigenvalue weighted by Crippen LogP contribution is 1.95. The SMILES string of the molecule is NN.OCc1ccccc1. The van der Waals surface area contributed by atoms with E-state index in [4.69, 9.17) is 5.11 Å². The Balaban J connectivity index is 0.000000371. The fourth-order valence-corrected chi connectivity index (χ4v) is 0.583. The Morgan fingerprint density at radius 3 is 1.90 bits per heavy atom. The number of hydrogen-bond acceptors (Lipinski definition) is 3. The highest BCUT2D eigenvalue weighted by molar-refractivity contribution is 5.12. The fraction of sp³-hybridized carbons (Fsp3) is 0.143. The van der Waals surface area contributed by atoms with E-state index < -0.39 is 0 Å². The van der Waals surface area contributed by atoms with Crippen molar-refractivity contribution in [2.75, 3.05) is 0 Å². The molecule has 3 heteroatoms. The van der Waals surface area contributed by atoms with Gasteiger partial charge in [0, 0.05) is 0 Å². The lowest BCUT2D eigenvalue weighted by Gasteiger charge is -1.89. The molecule has 0 amide bonds. The van der Waals surface area contributed by atoms with Gasteiger partial charge in [-0.1, -0.05) is 30.3 Å². The Hall–Kier alpha value is -0.900. The van der Waals surface area contributed by atoms with E-state index in [0.717, 1.165) is 5.56 Å². The van der Waals surface area contributed by atoms with Crippen molar-refractivity contribution in [3.8, 4) is 0 Å². The van der Waals surface area contributed by atoms with E-state index in [1.807, 2.05) is 30.3 Å². The Kier molecular flexibility index (Phi) is 5.66. The number of aliphatic hydroxyl groups excluding tert-OH is 1. The summed E-state index contributed by atoms with van der Waals surface area (Å²) in [5, 5.41) is 8.54. The molecule has 0 aromatic heterocycles. The molecule has 0 aliphatic carbocycles. The van der Waals surface area contributed by atoms with E-state index in [1.165, 1.54) is 0 Å². The summed E-state index contributed by atoms with van der Waals surface area (Å²) in [6.45, 7) is 0.140. The van der Waals surface area contributed by atoms with Crippen molar-refractivity contribution in [3.63, 3.8) is 0 Å². The van der Waals surface area contributed by atoms with Crippen LogP contribution in [0.3, 0.4) is 0 Å². The predicted molar refractivity (Wildman–Crippen MR) is 40.7 cm³/mol. The summed E-state index contributed by atoms with van der Waals surface area (Å²) in [5.74, 6) is 8.00. The highest BCUT2D eigenvalue weighted by atomic mass is 16.3. The minimum atomic E-state index is 0.140. The molecule has 0 saturated heterocycles. The topological polar surface area (TPSA) is 72.3 Å². The molecule has 0 saturated carbocycles. The molecule has 0 bridgehead atoms. The lowest BCUT2D eigenvalue weighted by atomic mass is 10.2. The lowest BCUT2D eigenvalue weighted by Crippen LogP contribution is -2.02. The Bertz CT molecular complexity index is 153. The van der Waals surface area contributed by atoms with E-state index in [2.05, 4.69) is 11.7 Å². The van der Waals surface area contributed by atoms with E-state index in [0.29, 0.717) is 0 Å². The van der Waals surface area contributed by atoms with Crippen molar-refractivity contribution in [1.82, 2.24) is 0 Å². The molecule has 3 nitrogen and oxygen atoms in total. The van der Waals surface area contributed by atoms with Gasteiger partial charge in [0.05, 0.1) is 6.61 Å². The average Bonchev–Trinajstić information content (AvgIpc) is 2.10.